The zero-order valence-electron chi connectivity index (χ0n) is 17.0. The van der Waals surface area contributed by atoms with Gasteiger partial charge in [0.15, 0.2) is 5.11 Å². The van der Waals surface area contributed by atoms with Gasteiger partial charge in [0.05, 0.1) is 6.10 Å². The van der Waals surface area contributed by atoms with Crippen molar-refractivity contribution in [3.8, 4) is 5.75 Å². The van der Waals surface area contributed by atoms with Crippen LogP contribution in [0.15, 0.2) is 48.5 Å². The Morgan fingerprint density at radius 1 is 1.11 bits per heavy atom. The molecule has 5 nitrogen and oxygen atoms in total. The van der Waals surface area contributed by atoms with Crippen LogP contribution in [0.3, 0.4) is 0 Å². The third kappa shape index (κ3) is 6.94. The van der Waals surface area contributed by atoms with E-state index in [2.05, 4.69) is 41.5 Å². The first-order valence-corrected chi connectivity index (χ1v) is 10.0. The summed E-state index contributed by atoms with van der Waals surface area (Å²) in [6.45, 7) is 11.2. The van der Waals surface area contributed by atoms with E-state index < -0.39 is 0 Å². The van der Waals surface area contributed by atoms with Crippen molar-refractivity contribution >= 4 is 28.9 Å². The number of rotatable bonds is 8. The monoisotopic (exact) mass is 399 g/mol. The third-order valence-corrected chi connectivity index (χ3v) is 4.41. The molecule has 0 aromatic heterocycles. The summed E-state index contributed by atoms with van der Waals surface area (Å²) in [6.07, 6.45) is 0.0470. The predicted octanol–water partition coefficient (Wildman–Crippen LogP) is 4.44. The number of benzene rings is 2. The molecule has 0 heterocycles. The fourth-order valence-electron chi connectivity index (χ4n) is 2.72. The Balaban J connectivity index is 1.92. The molecule has 0 saturated carbocycles. The molecule has 6 heteroatoms. The van der Waals surface area contributed by atoms with Gasteiger partial charge in [-0.05, 0) is 75.1 Å². The van der Waals surface area contributed by atoms with Gasteiger partial charge in [0, 0.05) is 17.8 Å². The molecule has 2 rings (SSSR count). The molecule has 28 heavy (non-hydrogen) atoms. The van der Waals surface area contributed by atoms with Crippen LogP contribution in [0.4, 0.5) is 5.69 Å². The average Bonchev–Trinajstić information content (AvgIpc) is 2.67. The molecule has 150 valence electrons. The van der Waals surface area contributed by atoms with Gasteiger partial charge < -0.3 is 10.1 Å². The largest absolute Gasteiger partial charge is 0.491 e. The Hall–Kier alpha value is -2.44. The summed E-state index contributed by atoms with van der Waals surface area (Å²) in [5.41, 5.74) is 2.58. The smallest absolute Gasteiger partial charge is 0.257 e. The van der Waals surface area contributed by atoms with Crippen LogP contribution in [0, 0.1) is 0 Å². The maximum Gasteiger partial charge on any atom is 0.257 e. The first-order valence-electron chi connectivity index (χ1n) is 9.61. The van der Waals surface area contributed by atoms with Crippen LogP contribution in [-0.2, 0) is 6.54 Å². The number of hydrogen-bond donors (Lipinski definition) is 2. The van der Waals surface area contributed by atoms with Crippen molar-refractivity contribution < 1.29 is 9.53 Å². The Labute approximate surface area is 173 Å². The summed E-state index contributed by atoms with van der Waals surface area (Å²) in [4.78, 5) is 14.8. The van der Waals surface area contributed by atoms with Crippen molar-refractivity contribution in [2.45, 2.75) is 40.3 Å². The SMILES string of the molecule is CCN(CC)Cc1ccc(NC(=S)NC(=O)c2cccc(OC(C)C)c2)cc1. The summed E-state index contributed by atoms with van der Waals surface area (Å²) >= 11 is 5.27. The van der Waals surface area contributed by atoms with Crippen LogP contribution >= 0.6 is 12.2 Å². The minimum atomic E-state index is -0.273. The Kier molecular flexibility index (Phi) is 8.42. The van der Waals surface area contributed by atoms with E-state index in [1.165, 1.54) is 5.56 Å². The van der Waals surface area contributed by atoms with E-state index in [0.29, 0.717) is 11.3 Å². The van der Waals surface area contributed by atoms with Gasteiger partial charge >= 0.3 is 0 Å². The molecule has 0 aliphatic heterocycles. The van der Waals surface area contributed by atoms with E-state index in [-0.39, 0.29) is 17.1 Å². The molecule has 0 aliphatic rings. The summed E-state index contributed by atoms with van der Waals surface area (Å²) in [5.74, 6) is 0.384. The Morgan fingerprint density at radius 3 is 2.39 bits per heavy atom. The van der Waals surface area contributed by atoms with E-state index in [0.717, 1.165) is 25.3 Å². The molecule has 0 spiro atoms. The lowest BCUT2D eigenvalue weighted by atomic mass is 10.2. The zero-order valence-corrected chi connectivity index (χ0v) is 17.8. The molecule has 2 N–H and O–H groups in total. The summed E-state index contributed by atoms with van der Waals surface area (Å²) < 4.78 is 5.63. The molecule has 0 atom stereocenters. The molecule has 0 saturated heterocycles. The summed E-state index contributed by atoms with van der Waals surface area (Å²) in [6, 6.07) is 15.1. The minimum absolute atomic E-state index is 0.0470. The quantitative estimate of drug-likeness (QED) is 0.643. The molecule has 2 aromatic carbocycles. The second kappa shape index (κ2) is 10.8. The first kappa shape index (κ1) is 21.9. The van der Waals surface area contributed by atoms with Crippen LogP contribution < -0.4 is 15.4 Å². The fourth-order valence-corrected chi connectivity index (χ4v) is 2.93. The van der Waals surface area contributed by atoms with Crippen molar-refractivity contribution in [2.75, 3.05) is 18.4 Å². The van der Waals surface area contributed by atoms with Crippen molar-refractivity contribution in [1.82, 2.24) is 10.2 Å². The van der Waals surface area contributed by atoms with Crippen molar-refractivity contribution in [3.63, 3.8) is 0 Å². The number of nitrogens with zero attached hydrogens (tertiary/aromatic N) is 1. The first-order chi connectivity index (χ1) is 13.4. The van der Waals surface area contributed by atoms with E-state index in [9.17, 15) is 4.79 Å². The summed E-state index contributed by atoms with van der Waals surface area (Å²) in [5, 5.41) is 6.02. The lowest BCUT2D eigenvalue weighted by Gasteiger charge is -2.18. The van der Waals surface area contributed by atoms with E-state index in [4.69, 9.17) is 17.0 Å². The van der Waals surface area contributed by atoms with E-state index in [1.807, 2.05) is 32.0 Å². The van der Waals surface area contributed by atoms with Gasteiger partial charge in [-0.1, -0.05) is 32.0 Å². The molecule has 0 fully saturated rings. The minimum Gasteiger partial charge on any atom is -0.491 e. The number of ether oxygens (including phenoxy) is 1. The maximum atomic E-state index is 12.4. The Bertz CT molecular complexity index is 787. The Morgan fingerprint density at radius 2 is 1.79 bits per heavy atom. The highest BCUT2D eigenvalue weighted by molar-refractivity contribution is 7.80. The van der Waals surface area contributed by atoms with Gasteiger partial charge in [0.25, 0.3) is 5.91 Å². The molecule has 0 unspecified atom stereocenters. The molecule has 1 amide bonds. The standard InChI is InChI=1S/C22H29N3O2S/c1-5-25(6-2)15-17-10-12-19(13-11-17)23-22(28)24-21(26)18-8-7-9-20(14-18)27-16(3)4/h7-14,16H,5-6,15H2,1-4H3,(H2,23,24,26,28). The van der Waals surface area contributed by atoms with E-state index >= 15 is 0 Å². The van der Waals surface area contributed by atoms with Gasteiger partial charge in [0.2, 0.25) is 0 Å². The lowest BCUT2D eigenvalue weighted by Crippen LogP contribution is -2.34. The van der Waals surface area contributed by atoms with Crippen LogP contribution in [0.2, 0.25) is 0 Å². The zero-order chi connectivity index (χ0) is 20.5. The number of carbonyl (C=O) groups excluding carboxylic acids is 1. The topological polar surface area (TPSA) is 53.6 Å². The molecule has 0 aliphatic carbocycles. The fraction of sp³-hybridized carbons (Fsp3) is 0.364. The number of amides is 1. The lowest BCUT2D eigenvalue weighted by molar-refractivity contribution is 0.0977. The summed E-state index contributed by atoms with van der Waals surface area (Å²) in [7, 11) is 0. The normalized spacial score (nSPS) is 10.8. The van der Waals surface area contributed by atoms with Crippen LogP contribution in [0.25, 0.3) is 0 Å². The predicted molar refractivity (Wildman–Crippen MR) is 119 cm³/mol. The van der Waals surface area contributed by atoms with Crippen molar-refractivity contribution in [1.29, 1.82) is 0 Å². The molecule has 0 radical (unpaired) electrons. The van der Waals surface area contributed by atoms with Gasteiger partial charge in [-0.2, -0.15) is 0 Å². The van der Waals surface area contributed by atoms with Gasteiger partial charge in [-0.15, -0.1) is 0 Å². The maximum absolute atomic E-state index is 12.4. The van der Waals surface area contributed by atoms with Gasteiger partial charge in [0.1, 0.15) is 5.75 Å². The molecule has 0 bridgehead atoms. The molecule has 2 aromatic rings. The molecular weight excluding hydrogens is 370 g/mol. The van der Waals surface area contributed by atoms with Gasteiger partial charge in [-0.3, -0.25) is 15.0 Å². The van der Waals surface area contributed by atoms with Crippen molar-refractivity contribution in [3.05, 3.63) is 59.7 Å². The van der Waals surface area contributed by atoms with Crippen molar-refractivity contribution in [2.24, 2.45) is 0 Å². The van der Waals surface area contributed by atoms with Crippen LogP contribution in [0.5, 0.6) is 5.75 Å². The molecular formula is C22H29N3O2S. The van der Waals surface area contributed by atoms with Gasteiger partial charge in [-0.25, -0.2) is 0 Å². The van der Waals surface area contributed by atoms with Crippen LogP contribution in [0.1, 0.15) is 43.6 Å². The second-order valence-corrected chi connectivity index (χ2v) is 7.17. The highest BCUT2D eigenvalue weighted by atomic mass is 32.1. The highest BCUT2D eigenvalue weighted by Crippen LogP contribution is 2.15. The number of anilines is 1. The van der Waals surface area contributed by atoms with E-state index in [1.54, 1.807) is 18.2 Å². The highest BCUT2D eigenvalue weighted by Gasteiger charge is 2.10. The number of thiocarbonyl (C=S) groups is 1. The van der Waals surface area contributed by atoms with Crippen LogP contribution in [-0.4, -0.2) is 35.1 Å². The third-order valence-electron chi connectivity index (χ3n) is 4.21. The number of hydrogen-bond acceptors (Lipinski definition) is 4. The number of carbonyl (C=O) groups is 1. The number of nitrogens with one attached hydrogen (secondary N) is 2. The second-order valence-electron chi connectivity index (χ2n) is 6.76. The average molecular weight is 400 g/mol.